The van der Waals surface area contributed by atoms with Crippen molar-refractivity contribution >= 4 is 7.41 Å². The lowest BCUT2D eigenvalue weighted by molar-refractivity contribution is 0.561. The molecule has 0 aliphatic heterocycles. The molecule has 2 heteroatoms. The second kappa shape index (κ2) is 3.13. The lowest BCUT2D eigenvalue weighted by atomic mass is 9.59. The minimum Gasteiger partial charge on any atom is -0.374 e. The number of hydrogen-bond donors (Lipinski definition) is 1. The Kier molecular flexibility index (Phi) is 3.14. The minimum absolute atomic E-state index is 0.278. The van der Waals surface area contributed by atoms with Crippen LogP contribution in [-0.2, 0) is 0 Å². The summed E-state index contributed by atoms with van der Waals surface area (Å²) < 4.78 is 0. The molecule has 0 aromatic rings. The van der Waals surface area contributed by atoms with E-state index in [2.05, 4.69) is 20.8 Å². The van der Waals surface area contributed by atoms with Crippen LogP contribution in [-0.4, -0.2) is 7.41 Å². The number of rotatable bonds is 3. The van der Waals surface area contributed by atoms with Gasteiger partial charge in [0.1, 0.15) is 0 Å². The van der Waals surface area contributed by atoms with Gasteiger partial charge in [-0.05, 0) is 5.31 Å². The predicted molar refractivity (Wildman–Crippen MR) is 38.9 cm³/mol. The van der Waals surface area contributed by atoms with Gasteiger partial charge < -0.3 is 5.64 Å². The van der Waals surface area contributed by atoms with Crippen LogP contribution in [0.3, 0.4) is 0 Å². The zero-order valence-electron chi connectivity index (χ0n) is 6.07. The Bertz CT molecular complexity index is 51.3. The SMILES string of the molecule is CCC(C)([B]N)CC. The molecule has 0 rings (SSSR count). The highest BCUT2D eigenvalue weighted by Gasteiger charge is 2.17. The summed E-state index contributed by atoms with van der Waals surface area (Å²) in [7, 11) is 1.80. The third kappa shape index (κ3) is 1.87. The van der Waals surface area contributed by atoms with Gasteiger partial charge in [-0.25, -0.2) is 0 Å². The molecule has 0 aromatic carbocycles. The van der Waals surface area contributed by atoms with Gasteiger partial charge >= 0.3 is 0 Å². The minimum atomic E-state index is 0.278. The van der Waals surface area contributed by atoms with Crippen molar-refractivity contribution in [1.29, 1.82) is 0 Å². The number of hydrogen-bond acceptors (Lipinski definition) is 1. The second-order valence-corrected chi connectivity index (χ2v) is 2.53. The van der Waals surface area contributed by atoms with Crippen molar-refractivity contribution in [1.82, 2.24) is 0 Å². The first-order chi connectivity index (χ1) is 3.68. The maximum atomic E-state index is 5.40. The molecule has 0 amide bonds. The van der Waals surface area contributed by atoms with Crippen LogP contribution < -0.4 is 5.64 Å². The molecule has 0 aromatic heterocycles. The predicted octanol–water partition coefficient (Wildman–Crippen LogP) is 1.56. The molecular weight excluding hydrogens is 96.9 g/mol. The van der Waals surface area contributed by atoms with Crippen LogP contribution in [0.5, 0.6) is 0 Å². The molecule has 0 bridgehead atoms. The van der Waals surface area contributed by atoms with Crippen LogP contribution in [0.1, 0.15) is 33.6 Å². The molecule has 0 saturated carbocycles. The summed E-state index contributed by atoms with van der Waals surface area (Å²) in [5, 5.41) is 0.278. The molecule has 0 fully saturated rings. The fraction of sp³-hybridized carbons (Fsp3) is 1.00. The highest BCUT2D eigenvalue weighted by atomic mass is 14.4. The topological polar surface area (TPSA) is 26.0 Å². The first-order valence-electron chi connectivity index (χ1n) is 3.24. The molecule has 8 heavy (non-hydrogen) atoms. The van der Waals surface area contributed by atoms with Gasteiger partial charge in [-0.3, -0.25) is 0 Å². The Balaban J connectivity index is 3.58. The zero-order chi connectivity index (χ0) is 6.62. The first-order valence-corrected chi connectivity index (χ1v) is 3.24. The molecule has 0 unspecified atom stereocenters. The average molecular weight is 112 g/mol. The van der Waals surface area contributed by atoms with Crippen LogP contribution in [0.2, 0.25) is 5.31 Å². The van der Waals surface area contributed by atoms with E-state index in [1.165, 1.54) is 0 Å². The summed E-state index contributed by atoms with van der Waals surface area (Å²) >= 11 is 0. The summed E-state index contributed by atoms with van der Waals surface area (Å²) in [5.74, 6) is 0. The zero-order valence-corrected chi connectivity index (χ0v) is 6.07. The van der Waals surface area contributed by atoms with E-state index in [1.807, 2.05) is 0 Å². The maximum Gasteiger partial charge on any atom is 0.209 e. The summed E-state index contributed by atoms with van der Waals surface area (Å²) in [5.41, 5.74) is 5.40. The quantitative estimate of drug-likeness (QED) is 0.551. The highest BCUT2D eigenvalue weighted by Crippen LogP contribution is 2.29. The largest absolute Gasteiger partial charge is 0.374 e. The molecule has 0 spiro atoms. The van der Waals surface area contributed by atoms with Gasteiger partial charge in [0, 0.05) is 0 Å². The van der Waals surface area contributed by atoms with Gasteiger partial charge in [0.05, 0.1) is 0 Å². The Morgan fingerprint density at radius 1 is 1.38 bits per heavy atom. The molecule has 47 valence electrons. The van der Waals surface area contributed by atoms with Crippen LogP contribution in [0.15, 0.2) is 0 Å². The van der Waals surface area contributed by atoms with E-state index >= 15 is 0 Å². The Hall–Kier alpha value is 0.0249. The Morgan fingerprint density at radius 3 is 1.75 bits per heavy atom. The van der Waals surface area contributed by atoms with Crippen molar-refractivity contribution in [3.8, 4) is 0 Å². The molecule has 1 nitrogen and oxygen atoms in total. The Morgan fingerprint density at radius 2 is 1.75 bits per heavy atom. The van der Waals surface area contributed by atoms with Crippen LogP contribution in [0.4, 0.5) is 0 Å². The van der Waals surface area contributed by atoms with Gasteiger partial charge in [-0.15, -0.1) is 0 Å². The third-order valence-corrected chi connectivity index (χ3v) is 2.02. The summed E-state index contributed by atoms with van der Waals surface area (Å²) in [4.78, 5) is 0. The summed E-state index contributed by atoms with van der Waals surface area (Å²) in [6.45, 7) is 6.49. The third-order valence-electron chi connectivity index (χ3n) is 2.02. The fourth-order valence-corrected chi connectivity index (χ4v) is 0.486. The normalized spacial score (nSPS) is 11.5. The van der Waals surface area contributed by atoms with Gasteiger partial charge in [0.25, 0.3) is 0 Å². The van der Waals surface area contributed by atoms with Gasteiger partial charge in [0.15, 0.2) is 0 Å². The standard InChI is InChI=1S/C6H15BN/c1-4-6(3,5-2)7-8/h4-5,8H2,1-3H3. The van der Waals surface area contributed by atoms with Crippen molar-refractivity contribution in [3.05, 3.63) is 0 Å². The monoisotopic (exact) mass is 112 g/mol. The van der Waals surface area contributed by atoms with E-state index in [4.69, 9.17) is 5.64 Å². The summed E-state index contributed by atoms with van der Waals surface area (Å²) in [6, 6.07) is 0. The highest BCUT2D eigenvalue weighted by molar-refractivity contribution is 6.35. The van der Waals surface area contributed by atoms with Crippen molar-refractivity contribution in [2.45, 2.75) is 38.9 Å². The maximum absolute atomic E-state index is 5.40. The first kappa shape index (κ1) is 8.02. The van der Waals surface area contributed by atoms with Gasteiger partial charge in [-0.1, -0.05) is 33.6 Å². The van der Waals surface area contributed by atoms with Crippen molar-refractivity contribution < 1.29 is 0 Å². The van der Waals surface area contributed by atoms with E-state index in [0.29, 0.717) is 0 Å². The summed E-state index contributed by atoms with van der Waals surface area (Å²) in [6.07, 6.45) is 2.28. The van der Waals surface area contributed by atoms with Crippen molar-refractivity contribution in [2.24, 2.45) is 5.64 Å². The molecule has 0 aliphatic carbocycles. The fourth-order valence-electron chi connectivity index (χ4n) is 0.486. The smallest absolute Gasteiger partial charge is 0.209 e. The molecule has 0 aliphatic rings. The van der Waals surface area contributed by atoms with E-state index in [9.17, 15) is 0 Å². The number of nitrogens with two attached hydrogens (primary N) is 1. The van der Waals surface area contributed by atoms with E-state index in [-0.39, 0.29) is 5.31 Å². The Labute approximate surface area is 52.9 Å². The van der Waals surface area contributed by atoms with Gasteiger partial charge in [-0.2, -0.15) is 0 Å². The molecule has 2 N–H and O–H groups in total. The van der Waals surface area contributed by atoms with Crippen LogP contribution in [0, 0.1) is 0 Å². The lowest BCUT2D eigenvalue weighted by Crippen LogP contribution is -2.22. The van der Waals surface area contributed by atoms with E-state index < -0.39 is 0 Å². The molecule has 0 saturated heterocycles. The van der Waals surface area contributed by atoms with Crippen LogP contribution in [0.25, 0.3) is 0 Å². The average Bonchev–Trinajstić information content (AvgIpc) is 1.87. The van der Waals surface area contributed by atoms with E-state index in [0.717, 1.165) is 12.8 Å². The van der Waals surface area contributed by atoms with Crippen LogP contribution >= 0.6 is 0 Å². The molecule has 0 atom stereocenters. The van der Waals surface area contributed by atoms with E-state index in [1.54, 1.807) is 7.41 Å². The second-order valence-electron chi connectivity index (χ2n) is 2.53. The molecule has 0 heterocycles. The van der Waals surface area contributed by atoms with Crippen molar-refractivity contribution in [3.63, 3.8) is 0 Å². The van der Waals surface area contributed by atoms with Crippen molar-refractivity contribution in [2.75, 3.05) is 0 Å². The lowest BCUT2D eigenvalue weighted by Gasteiger charge is -2.22. The molecule has 1 radical (unpaired) electrons. The van der Waals surface area contributed by atoms with Gasteiger partial charge in [0.2, 0.25) is 7.41 Å². The molecular formula is C6H15BN.